The lowest BCUT2D eigenvalue weighted by Gasteiger charge is -2.05. The Morgan fingerprint density at radius 3 is 2.70 bits per heavy atom. The lowest BCUT2D eigenvalue weighted by atomic mass is 10.2. The quantitative estimate of drug-likeness (QED) is 0.769. The molecule has 1 N–H and O–H groups in total. The molecule has 20 heavy (non-hydrogen) atoms. The van der Waals surface area contributed by atoms with Crippen LogP contribution in [0.4, 0.5) is 10.1 Å². The highest BCUT2D eigenvalue weighted by atomic mass is 19.1. The molecule has 0 fully saturated rings. The average molecular weight is 266 g/mol. The van der Waals surface area contributed by atoms with Gasteiger partial charge in [0.05, 0.1) is 5.52 Å². The van der Waals surface area contributed by atoms with Crippen LogP contribution in [0.1, 0.15) is 10.5 Å². The Morgan fingerprint density at radius 1 is 1.00 bits per heavy atom. The third-order valence-electron chi connectivity index (χ3n) is 2.91. The van der Waals surface area contributed by atoms with Crippen molar-refractivity contribution in [3.63, 3.8) is 0 Å². The van der Waals surface area contributed by atoms with E-state index < -0.39 is 5.82 Å². The van der Waals surface area contributed by atoms with Crippen molar-refractivity contribution in [2.75, 3.05) is 5.32 Å². The number of rotatable bonds is 2. The van der Waals surface area contributed by atoms with Gasteiger partial charge >= 0.3 is 0 Å². The number of benzene rings is 2. The number of para-hydroxylation sites is 1. The molecule has 0 saturated carbocycles. The van der Waals surface area contributed by atoms with Crippen LogP contribution in [0, 0.1) is 5.82 Å². The maximum atomic E-state index is 13.1. The van der Waals surface area contributed by atoms with Crippen LogP contribution < -0.4 is 5.32 Å². The van der Waals surface area contributed by atoms with Crippen LogP contribution in [0.15, 0.2) is 60.7 Å². The van der Waals surface area contributed by atoms with Crippen molar-refractivity contribution in [1.82, 2.24) is 4.98 Å². The summed E-state index contributed by atoms with van der Waals surface area (Å²) in [4.78, 5) is 16.4. The van der Waals surface area contributed by atoms with Crippen molar-refractivity contribution in [3.05, 3.63) is 72.2 Å². The number of fused-ring (bicyclic) bond motifs is 1. The van der Waals surface area contributed by atoms with Crippen LogP contribution in [-0.4, -0.2) is 10.9 Å². The molecule has 0 atom stereocenters. The first kappa shape index (κ1) is 12.3. The number of pyridine rings is 1. The molecule has 3 aromatic rings. The van der Waals surface area contributed by atoms with Gasteiger partial charge in [-0.25, -0.2) is 9.37 Å². The van der Waals surface area contributed by atoms with Crippen molar-refractivity contribution in [3.8, 4) is 0 Å². The molecule has 0 aliphatic carbocycles. The molecule has 0 radical (unpaired) electrons. The number of amides is 1. The molecule has 0 unspecified atom stereocenters. The van der Waals surface area contributed by atoms with Crippen molar-refractivity contribution >= 4 is 22.5 Å². The van der Waals surface area contributed by atoms with Gasteiger partial charge in [0.15, 0.2) is 0 Å². The van der Waals surface area contributed by atoms with Crippen LogP contribution in [0.3, 0.4) is 0 Å². The summed E-state index contributed by atoms with van der Waals surface area (Å²) in [5.74, 6) is -0.754. The minimum absolute atomic E-state index is 0.299. The standard InChI is InChI=1S/C16H11FN2O/c17-12-5-3-6-13(10-12)18-16(20)15-9-8-11-4-1-2-7-14(11)19-15/h1-10H,(H,18,20). The Hall–Kier alpha value is -2.75. The summed E-state index contributed by atoms with van der Waals surface area (Å²) >= 11 is 0. The van der Waals surface area contributed by atoms with Crippen LogP contribution in [0.2, 0.25) is 0 Å². The number of hydrogen-bond donors (Lipinski definition) is 1. The molecule has 3 rings (SSSR count). The van der Waals surface area contributed by atoms with Gasteiger partial charge in [0, 0.05) is 11.1 Å². The number of carbonyl (C=O) groups is 1. The molecule has 0 saturated heterocycles. The maximum absolute atomic E-state index is 13.1. The molecule has 0 bridgehead atoms. The van der Waals surface area contributed by atoms with Gasteiger partial charge in [-0.15, -0.1) is 0 Å². The highest BCUT2D eigenvalue weighted by Gasteiger charge is 2.08. The molecule has 98 valence electrons. The lowest BCUT2D eigenvalue weighted by molar-refractivity contribution is 0.102. The van der Waals surface area contributed by atoms with E-state index in [4.69, 9.17) is 0 Å². The number of anilines is 1. The van der Waals surface area contributed by atoms with Crippen LogP contribution in [0.25, 0.3) is 10.9 Å². The second-order valence-corrected chi connectivity index (χ2v) is 4.35. The van der Waals surface area contributed by atoms with E-state index in [1.807, 2.05) is 30.3 Å². The van der Waals surface area contributed by atoms with Gasteiger partial charge in [0.2, 0.25) is 0 Å². The average Bonchev–Trinajstić information content (AvgIpc) is 2.47. The minimum atomic E-state index is -0.394. The molecule has 0 spiro atoms. The van der Waals surface area contributed by atoms with Crippen molar-refractivity contribution in [2.45, 2.75) is 0 Å². The van der Waals surface area contributed by atoms with E-state index in [0.29, 0.717) is 11.4 Å². The first-order chi connectivity index (χ1) is 9.72. The number of hydrogen-bond acceptors (Lipinski definition) is 2. The zero-order valence-electron chi connectivity index (χ0n) is 10.5. The number of halogens is 1. The lowest BCUT2D eigenvalue weighted by Crippen LogP contribution is -2.13. The summed E-state index contributed by atoms with van der Waals surface area (Å²) in [5.41, 5.74) is 1.46. The summed E-state index contributed by atoms with van der Waals surface area (Å²) in [6.07, 6.45) is 0. The molecule has 0 aliphatic heterocycles. The van der Waals surface area contributed by atoms with Gasteiger partial charge in [-0.05, 0) is 30.3 Å². The fourth-order valence-electron chi connectivity index (χ4n) is 1.95. The Bertz CT molecular complexity index is 786. The molecule has 3 nitrogen and oxygen atoms in total. The number of carbonyl (C=O) groups excluding carboxylic acids is 1. The van der Waals surface area contributed by atoms with Gasteiger partial charge < -0.3 is 5.32 Å². The predicted molar refractivity (Wildman–Crippen MR) is 76.1 cm³/mol. The van der Waals surface area contributed by atoms with Crippen LogP contribution >= 0.6 is 0 Å². The monoisotopic (exact) mass is 266 g/mol. The number of aromatic nitrogens is 1. The smallest absolute Gasteiger partial charge is 0.274 e. The van der Waals surface area contributed by atoms with E-state index >= 15 is 0 Å². The summed E-state index contributed by atoms with van der Waals surface area (Å²) < 4.78 is 13.1. The van der Waals surface area contributed by atoms with Crippen molar-refractivity contribution in [1.29, 1.82) is 0 Å². The number of nitrogens with one attached hydrogen (secondary N) is 1. The van der Waals surface area contributed by atoms with E-state index in [1.54, 1.807) is 18.2 Å². The summed E-state index contributed by atoms with van der Waals surface area (Å²) in [5, 5.41) is 3.59. The van der Waals surface area contributed by atoms with E-state index in [2.05, 4.69) is 10.3 Å². The largest absolute Gasteiger partial charge is 0.321 e. The summed E-state index contributed by atoms with van der Waals surface area (Å²) in [6, 6.07) is 16.8. The summed E-state index contributed by atoms with van der Waals surface area (Å²) in [6.45, 7) is 0. The van der Waals surface area contributed by atoms with Crippen LogP contribution in [0.5, 0.6) is 0 Å². The number of nitrogens with zero attached hydrogens (tertiary/aromatic N) is 1. The van der Waals surface area contributed by atoms with Gasteiger partial charge in [-0.2, -0.15) is 0 Å². The molecule has 1 aromatic heterocycles. The Balaban J connectivity index is 1.88. The fourth-order valence-corrected chi connectivity index (χ4v) is 1.95. The third-order valence-corrected chi connectivity index (χ3v) is 2.91. The third kappa shape index (κ3) is 2.49. The highest BCUT2D eigenvalue weighted by molar-refractivity contribution is 6.04. The van der Waals surface area contributed by atoms with Crippen LogP contribution in [-0.2, 0) is 0 Å². The predicted octanol–water partition coefficient (Wildman–Crippen LogP) is 3.63. The Labute approximate surface area is 115 Å². The molecular weight excluding hydrogens is 255 g/mol. The van der Waals surface area contributed by atoms with E-state index in [9.17, 15) is 9.18 Å². The van der Waals surface area contributed by atoms with E-state index in [0.717, 1.165) is 10.9 Å². The molecule has 1 heterocycles. The van der Waals surface area contributed by atoms with Crippen molar-refractivity contribution in [2.24, 2.45) is 0 Å². The van der Waals surface area contributed by atoms with E-state index in [1.165, 1.54) is 12.1 Å². The first-order valence-corrected chi connectivity index (χ1v) is 6.15. The maximum Gasteiger partial charge on any atom is 0.274 e. The first-order valence-electron chi connectivity index (χ1n) is 6.15. The molecule has 0 aliphatic rings. The molecule has 1 amide bonds. The highest BCUT2D eigenvalue weighted by Crippen LogP contribution is 2.14. The zero-order valence-corrected chi connectivity index (χ0v) is 10.5. The normalized spacial score (nSPS) is 10.4. The topological polar surface area (TPSA) is 42.0 Å². The SMILES string of the molecule is O=C(Nc1cccc(F)c1)c1ccc2ccccc2n1. The Morgan fingerprint density at radius 2 is 1.85 bits per heavy atom. The van der Waals surface area contributed by atoms with Gasteiger partial charge in [0.1, 0.15) is 11.5 Å². The minimum Gasteiger partial charge on any atom is -0.321 e. The fraction of sp³-hybridized carbons (Fsp3) is 0. The molecule has 2 aromatic carbocycles. The van der Waals surface area contributed by atoms with Gasteiger partial charge in [-0.3, -0.25) is 4.79 Å². The second-order valence-electron chi connectivity index (χ2n) is 4.35. The van der Waals surface area contributed by atoms with E-state index in [-0.39, 0.29) is 5.91 Å². The molecular formula is C16H11FN2O. The summed E-state index contributed by atoms with van der Waals surface area (Å²) in [7, 11) is 0. The molecule has 4 heteroatoms. The zero-order chi connectivity index (χ0) is 13.9. The Kier molecular flexibility index (Phi) is 3.13. The van der Waals surface area contributed by atoms with Gasteiger partial charge in [-0.1, -0.05) is 30.3 Å². The van der Waals surface area contributed by atoms with Crippen molar-refractivity contribution < 1.29 is 9.18 Å². The second kappa shape index (κ2) is 5.09. The van der Waals surface area contributed by atoms with Gasteiger partial charge in [0.25, 0.3) is 5.91 Å².